The lowest BCUT2D eigenvalue weighted by Gasteiger charge is -2.03. The Balaban J connectivity index is 1.86. The van der Waals surface area contributed by atoms with Gasteiger partial charge in [0.1, 0.15) is 6.54 Å². The molecule has 0 spiro atoms. The normalized spacial score (nSPS) is 14.8. The van der Waals surface area contributed by atoms with Gasteiger partial charge >= 0.3 is 0 Å². The first-order valence-corrected chi connectivity index (χ1v) is 8.13. The maximum absolute atomic E-state index is 11.2. The van der Waals surface area contributed by atoms with Crippen LogP contribution in [-0.2, 0) is 4.79 Å². The summed E-state index contributed by atoms with van der Waals surface area (Å²) in [5, 5.41) is 0. The molecule has 2 heteroatoms. The maximum Gasteiger partial charge on any atom is 0.222 e. The van der Waals surface area contributed by atoms with Crippen molar-refractivity contribution in [3.8, 4) is 0 Å². The smallest absolute Gasteiger partial charge is 0.222 e. The average Bonchev–Trinajstić information content (AvgIpc) is 2.41. The zero-order valence-electron chi connectivity index (χ0n) is 12.6. The van der Waals surface area contributed by atoms with Crippen LogP contribution in [0.5, 0.6) is 0 Å². The lowest BCUT2D eigenvalue weighted by molar-refractivity contribution is -0.453. The summed E-state index contributed by atoms with van der Waals surface area (Å²) >= 11 is 0. The Morgan fingerprint density at radius 2 is 1.53 bits per heavy atom. The van der Waals surface area contributed by atoms with Gasteiger partial charge in [0.15, 0.2) is 6.20 Å². The van der Waals surface area contributed by atoms with E-state index in [9.17, 15) is 4.79 Å². The van der Waals surface area contributed by atoms with Crippen molar-refractivity contribution in [2.75, 3.05) is 6.54 Å². The maximum atomic E-state index is 11.2. The fourth-order valence-electron chi connectivity index (χ4n) is 2.51. The van der Waals surface area contributed by atoms with Gasteiger partial charge in [0.2, 0.25) is 12.0 Å². The molecule has 0 fully saturated rings. The van der Waals surface area contributed by atoms with Gasteiger partial charge in [0, 0.05) is 12.8 Å². The van der Waals surface area contributed by atoms with Crippen LogP contribution in [-0.4, -0.2) is 23.1 Å². The summed E-state index contributed by atoms with van der Waals surface area (Å²) in [5.74, 6) is 0.231. The SMILES string of the molecule is CCCCCCCCCCCC[N+]1=CC(=O)CC=C1. The lowest BCUT2D eigenvalue weighted by Crippen LogP contribution is -2.17. The van der Waals surface area contributed by atoms with Crippen LogP contribution in [0.1, 0.15) is 77.6 Å². The third-order valence-corrected chi connectivity index (χ3v) is 3.70. The van der Waals surface area contributed by atoms with E-state index in [4.69, 9.17) is 0 Å². The molecule has 0 aliphatic carbocycles. The summed E-state index contributed by atoms with van der Waals surface area (Å²) in [6, 6.07) is 0. The highest BCUT2D eigenvalue weighted by molar-refractivity contribution is 6.26. The Kier molecular flexibility index (Phi) is 9.30. The number of hydrogen-bond acceptors (Lipinski definition) is 1. The van der Waals surface area contributed by atoms with Crippen molar-refractivity contribution in [1.29, 1.82) is 0 Å². The molecule has 0 bridgehead atoms. The molecular weight excluding hydrogens is 234 g/mol. The van der Waals surface area contributed by atoms with E-state index in [1.54, 1.807) is 6.21 Å². The molecular formula is C17H30NO+. The van der Waals surface area contributed by atoms with Crippen molar-refractivity contribution >= 4 is 12.0 Å². The highest BCUT2D eigenvalue weighted by atomic mass is 16.1. The second kappa shape index (κ2) is 11.0. The second-order valence-corrected chi connectivity index (χ2v) is 5.60. The van der Waals surface area contributed by atoms with E-state index in [1.165, 1.54) is 64.2 Å². The number of allylic oxidation sites excluding steroid dienone is 1. The van der Waals surface area contributed by atoms with Gasteiger partial charge in [-0.05, 0) is 12.5 Å². The van der Waals surface area contributed by atoms with Crippen molar-refractivity contribution in [1.82, 2.24) is 0 Å². The van der Waals surface area contributed by atoms with Crippen LogP contribution in [0.15, 0.2) is 12.3 Å². The van der Waals surface area contributed by atoms with Crippen molar-refractivity contribution < 1.29 is 9.37 Å². The van der Waals surface area contributed by atoms with Crippen LogP contribution in [0, 0.1) is 0 Å². The first-order valence-electron chi connectivity index (χ1n) is 8.13. The predicted octanol–water partition coefficient (Wildman–Crippen LogP) is 4.48. The highest BCUT2D eigenvalue weighted by Crippen LogP contribution is 2.10. The molecule has 19 heavy (non-hydrogen) atoms. The molecule has 1 heterocycles. The summed E-state index contributed by atoms with van der Waals surface area (Å²) < 4.78 is 2.04. The van der Waals surface area contributed by atoms with Gasteiger partial charge in [-0.15, -0.1) is 0 Å². The molecule has 0 aromatic heterocycles. The van der Waals surface area contributed by atoms with Crippen LogP contribution >= 0.6 is 0 Å². The van der Waals surface area contributed by atoms with Crippen LogP contribution < -0.4 is 0 Å². The minimum Gasteiger partial charge on any atom is -0.288 e. The van der Waals surface area contributed by atoms with Crippen molar-refractivity contribution in [2.24, 2.45) is 0 Å². The zero-order valence-corrected chi connectivity index (χ0v) is 12.6. The van der Waals surface area contributed by atoms with E-state index < -0.39 is 0 Å². The van der Waals surface area contributed by atoms with E-state index >= 15 is 0 Å². The van der Waals surface area contributed by atoms with Gasteiger partial charge < -0.3 is 0 Å². The summed E-state index contributed by atoms with van der Waals surface area (Å²) in [7, 11) is 0. The van der Waals surface area contributed by atoms with Gasteiger partial charge in [0.05, 0.1) is 0 Å². The Bertz CT molecular complexity index is 304. The Hall–Kier alpha value is -0.920. The topological polar surface area (TPSA) is 20.1 Å². The molecule has 0 aromatic rings. The molecule has 1 rings (SSSR count). The van der Waals surface area contributed by atoms with Gasteiger partial charge in [-0.2, -0.15) is 0 Å². The minimum atomic E-state index is 0.231. The fourth-order valence-corrected chi connectivity index (χ4v) is 2.51. The first-order chi connectivity index (χ1) is 9.33. The van der Waals surface area contributed by atoms with Gasteiger partial charge in [0.25, 0.3) is 0 Å². The number of nitrogens with zero attached hydrogens (tertiary/aromatic N) is 1. The Morgan fingerprint density at radius 3 is 2.11 bits per heavy atom. The molecule has 0 unspecified atom stereocenters. The number of carbonyl (C=O) groups excluding carboxylic acids is 1. The average molecular weight is 264 g/mol. The summed E-state index contributed by atoms with van der Waals surface area (Å²) in [6.07, 6.45) is 19.9. The molecule has 1 aliphatic heterocycles. The molecule has 2 nitrogen and oxygen atoms in total. The standard InChI is InChI=1S/C17H30NO/c1-2-3-4-5-6-7-8-9-10-11-14-18-15-12-13-17(19)16-18/h12,15-16H,2-11,13-14H2,1H3/q+1. The highest BCUT2D eigenvalue weighted by Gasteiger charge is 2.09. The zero-order chi connectivity index (χ0) is 13.8. The molecule has 0 aromatic carbocycles. The van der Waals surface area contributed by atoms with Crippen molar-refractivity contribution in [3.05, 3.63) is 12.3 Å². The largest absolute Gasteiger partial charge is 0.288 e. The van der Waals surface area contributed by atoms with E-state index in [0.29, 0.717) is 6.42 Å². The number of carbonyl (C=O) groups is 1. The van der Waals surface area contributed by atoms with E-state index in [0.717, 1.165) is 6.54 Å². The third kappa shape index (κ3) is 8.74. The molecule has 1 aliphatic rings. The van der Waals surface area contributed by atoms with E-state index in [1.807, 2.05) is 16.9 Å². The first kappa shape index (κ1) is 16.1. The van der Waals surface area contributed by atoms with Crippen LogP contribution in [0.4, 0.5) is 0 Å². The summed E-state index contributed by atoms with van der Waals surface area (Å²) in [4.78, 5) is 11.2. The number of rotatable bonds is 11. The Labute approximate surface area is 118 Å². The molecule has 0 N–H and O–H groups in total. The monoisotopic (exact) mass is 264 g/mol. The predicted molar refractivity (Wildman–Crippen MR) is 81.8 cm³/mol. The van der Waals surface area contributed by atoms with Crippen molar-refractivity contribution in [2.45, 2.75) is 77.6 Å². The van der Waals surface area contributed by atoms with Crippen LogP contribution in [0.3, 0.4) is 0 Å². The molecule has 0 saturated heterocycles. The second-order valence-electron chi connectivity index (χ2n) is 5.60. The molecule has 0 radical (unpaired) electrons. The number of Topliss-reactive ketones (excluding diaryl/α,β-unsaturated/α-hetero) is 1. The van der Waals surface area contributed by atoms with Crippen LogP contribution in [0.2, 0.25) is 0 Å². The minimum absolute atomic E-state index is 0.231. The Morgan fingerprint density at radius 1 is 0.947 bits per heavy atom. The van der Waals surface area contributed by atoms with E-state index in [-0.39, 0.29) is 5.78 Å². The van der Waals surface area contributed by atoms with Crippen molar-refractivity contribution in [3.63, 3.8) is 0 Å². The number of ketones is 1. The van der Waals surface area contributed by atoms with Crippen LogP contribution in [0.25, 0.3) is 0 Å². The summed E-state index contributed by atoms with van der Waals surface area (Å²) in [5.41, 5.74) is 0. The molecule has 108 valence electrons. The van der Waals surface area contributed by atoms with E-state index in [2.05, 4.69) is 6.92 Å². The quantitative estimate of drug-likeness (QED) is 0.398. The van der Waals surface area contributed by atoms with Gasteiger partial charge in [-0.3, -0.25) is 4.79 Å². The van der Waals surface area contributed by atoms with Gasteiger partial charge in [-0.25, -0.2) is 4.58 Å². The summed E-state index contributed by atoms with van der Waals surface area (Å²) in [6.45, 7) is 3.27. The lowest BCUT2D eigenvalue weighted by atomic mass is 10.1. The third-order valence-electron chi connectivity index (χ3n) is 3.70. The number of hydrogen-bond donors (Lipinski definition) is 0. The molecule has 0 amide bonds. The molecule has 0 saturated carbocycles. The number of unbranched alkanes of at least 4 members (excludes halogenated alkanes) is 9. The van der Waals surface area contributed by atoms with Gasteiger partial charge in [-0.1, -0.05) is 58.3 Å². The fraction of sp³-hybridized carbons (Fsp3) is 0.765. The molecule has 0 atom stereocenters.